The van der Waals surface area contributed by atoms with E-state index in [-0.39, 0.29) is 0 Å². The van der Waals surface area contributed by atoms with E-state index >= 15 is 0 Å². The Hall–Kier alpha value is -2.03. The molecule has 3 heteroatoms. The fraction of sp³-hybridized carbons (Fsp3) is 0.312. The Bertz CT molecular complexity index is 593. The average molecular weight is 254 g/mol. The van der Waals surface area contributed by atoms with Crippen LogP contribution in [0, 0.1) is 13.8 Å². The molecule has 0 unspecified atom stereocenters. The summed E-state index contributed by atoms with van der Waals surface area (Å²) in [4.78, 5) is 4.59. The van der Waals surface area contributed by atoms with Gasteiger partial charge in [-0.3, -0.25) is 0 Å². The molecule has 1 N–H and O–H groups in total. The molecule has 98 valence electrons. The van der Waals surface area contributed by atoms with Gasteiger partial charge in [0.1, 0.15) is 18.2 Å². The molecule has 0 radical (unpaired) electrons. The monoisotopic (exact) mass is 254 g/mol. The number of aryl methyl sites for hydroxylation is 1. The van der Waals surface area contributed by atoms with E-state index in [1.54, 1.807) is 0 Å². The first kappa shape index (κ1) is 12.0. The maximum atomic E-state index is 5.99. The standard InChI is InChI=1S/C16H18N2O/c1-11-14-8-9-17-16(14)18-12(2)15(11)19-10-13-6-4-3-5-7-13/h3-7H,8-10H2,1-2H3,(H,17,18). The van der Waals surface area contributed by atoms with Crippen LogP contribution >= 0.6 is 0 Å². The molecule has 0 atom stereocenters. The van der Waals surface area contributed by atoms with Crippen LogP contribution in [0.3, 0.4) is 0 Å². The molecule has 0 spiro atoms. The van der Waals surface area contributed by atoms with Gasteiger partial charge < -0.3 is 10.1 Å². The molecule has 0 bridgehead atoms. The van der Waals surface area contributed by atoms with Crippen molar-refractivity contribution in [2.24, 2.45) is 0 Å². The number of ether oxygens (including phenoxy) is 1. The predicted molar refractivity (Wildman–Crippen MR) is 76.7 cm³/mol. The summed E-state index contributed by atoms with van der Waals surface area (Å²) in [7, 11) is 0. The maximum Gasteiger partial charge on any atom is 0.144 e. The average Bonchev–Trinajstić information content (AvgIpc) is 2.88. The van der Waals surface area contributed by atoms with E-state index in [0.29, 0.717) is 6.61 Å². The number of hydrogen-bond donors (Lipinski definition) is 1. The van der Waals surface area contributed by atoms with E-state index in [1.807, 2.05) is 25.1 Å². The fourth-order valence-corrected chi connectivity index (χ4v) is 2.57. The Kier molecular flexibility index (Phi) is 3.11. The minimum absolute atomic E-state index is 0.594. The lowest BCUT2D eigenvalue weighted by Gasteiger charge is -2.14. The van der Waals surface area contributed by atoms with Gasteiger partial charge in [-0.05, 0) is 31.4 Å². The number of aromatic nitrogens is 1. The van der Waals surface area contributed by atoms with Crippen LogP contribution in [0.2, 0.25) is 0 Å². The number of nitrogens with zero attached hydrogens (tertiary/aromatic N) is 1. The van der Waals surface area contributed by atoms with Crippen LogP contribution in [0.4, 0.5) is 5.82 Å². The van der Waals surface area contributed by atoms with E-state index < -0.39 is 0 Å². The third-order valence-electron chi connectivity index (χ3n) is 3.58. The number of nitrogens with one attached hydrogen (secondary N) is 1. The molecule has 1 aliphatic heterocycles. The van der Waals surface area contributed by atoms with Gasteiger partial charge in [0.15, 0.2) is 0 Å². The Morgan fingerprint density at radius 1 is 1.21 bits per heavy atom. The smallest absolute Gasteiger partial charge is 0.144 e. The SMILES string of the molecule is Cc1nc2c(c(C)c1OCc1ccccc1)CCN2. The van der Waals surface area contributed by atoms with Crippen LogP contribution in [0.25, 0.3) is 0 Å². The topological polar surface area (TPSA) is 34.1 Å². The van der Waals surface area contributed by atoms with Crippen molar-refractivity contribution in [1.82, 2.24) is 4.98 Å². The van der Waals surface area contributed by atoms with Crippen LogP contribution in [-0.4, -0.2) is 11.5 Å². The van der Waals surface area contributed by atoms with Gasteiger partial charge in [-0.15, -0.1) is 0 Å². The van der Waals surface area contributed by atoms with Gasteiger partial charge in [-0.1, -0.05) is 30.3 Å². The molecule has 0 aliphatic carbocycles. The highest BCUT2D eigenvalue weighted by atomic mass is 16.5. The zero-order valence-electron chi connectivity index (χ0n) is 11.4. The first-order chi connectivity index (χ1) is 9.25. The van der Waals surface area contributed by atoms with Crippen molar-refractivity contribution < 1.29 is 4.74 Å². The molecule has 3 rings (SSSR count). The van der Waals surface area contributed by atoms with Crippen molar-refractivity contribution in [3.63, 3.8) is 0 Å². The quantitative estimate of drug-likeness (QED) is 0.913. The molecule has 0 fully saturated rings. The minimum Gasteiger partial charge on any atom is -0.487 e. The second-order valence-corrected chi connectivity index (χ2v) is 4.93. The van der Waals surface area contributed by atoms with Gasteiger partial charge in [0.2, 0.25) is 0 Å². The number of benzene rings is 1. The van der Waals surface area contributed by atoms with Crippen molar-refractivity contribution in [3.8, 4) is 5.75 Å². The summed E-state index contributed by atoms with van der Waals surface area (Å²) in [5, 5.41) is 3.32. The summed E-state index contributed by atoms with van der Waals surface area (Å²) >= 11 is 0. The largest absolute Gasteiger partial charge is 0.487 e. The minimum atomic E-state index is 0.594. The summed E-state index contributed by atoms with van der Waals surface area (Å²) < 4.78 is 5.99. The van der Waals surface area contributed by atoms with E-state index in [2.05, 4.69) is 29.4 Å². The molecular weight excluding hydrogens is 236 g/mol. The summed E-state index contributed by atoms with van der Waals surface area (Å²) in [6.45, 7) is 5.70. The second kappa shape index (κ2) is 4.92. The number of fused-ring (bicyclic) bond motifs is 1. The molecule has 3 nitrogen and oxygen atoms in total. The Morgan fingerprint density at radius 2 is 2.00 bits per heavy atom. The third kappa shape index (κ3) is 2.28. The van der Waals surface area contributed by atoms with Crippen LogP contribution in [0.15, 0.2) is 30.3 Å². The number of rotatable bonds is 3. The van der Waals surface area contributed by atoms with E-state index in [4.69, 9.17) is 4.74 Å². The molecule has 0 saturated heterocycles. The predicted octanol–water partition coefficient (Wildman–Crippen LogP) is 3.25. The van der Waals surface area contributed by atoms with E-state index in [9.17, 15) is 0 Å². The highest BCUT2D eigenvalue weighted by molar-refractivity contribution is 5.58. The van der Waals surface area contributed by atoms with Crippen molar-refractivity contribution in [3.05, 3.63) is 52.7 Å². The van der Waals surface area contributed by atoms with Crippen LogP contribution in [0.5, 0.6) is 5.75 Å². The lowest BCUT2D eigenvalue weighted by molar-refractivity contribution is 0.300. The molecule has 2 aromatic rings. The van der Waals surface area contributed by atoms with Gasteiger partial charge in [-0.25, -0.2) is 4.98 Å². The van der Waals surface area contributed by atoms with E-state index in [1.165, 1.54) is 16.7 Å². The first-order valence-corrected chi connectivity index (χ1v) is 6.66. The lowest BCUT2D eigenvalue weighted by Crippen LogP contribution is -2.03. The zero-order valence-corrected chi connectivity index (χ0v) is 11.4. The number of hydrogen-bond acceptors (Lipinski definition) is 3. The van der Waals surface area contributed by atoms with Gasteiger partial charge in [0, 0.05) is 12.1 Å². The summed E-state index contributed by atoms with van der Waals surface area (Å²) in [6.07, 6.45) is 1.04. The summed E-state index contributed by atoms with van der Waals surface area (Å²) in [6, 6.07) is 10.2. The highest BCUT2D eigenvalue weighted by Crippen LogP contribution is 2.32. The van der Waals surface area contributed by atoms with Crippen molar-refractivity contribution >= 4 is 5.82 Å². The second-order valence-electron chi connectivity index (χ2n) is 4.93. The Labute approximate surface area is 113 Å². The van der Waals surface area contributed by atoms with Gasteiger partial charge in [0.05, 0.1) is 5.69 Å². The maximum absolute atomic E-state index is 5.99. The third-order valence-corrected chi connectivity index (χ3v) is 3.58. The van der Waals surface area contributed by atoms with Crippen molar-refractivity contribution in [1.29, 1.82) is 0 Å². The summed E-state index contributed by atoms with van der Waals surface area (Å²) in [5.41, 5.74) is 4.67. The zero-order chi connectivity index (χ0) is 13.2. The first-order valence-electron chi connectivity index (χ1n) is 6.66. The van der Waals surface area contributed by atoms with Crippen molar-refractivity contribution in [2.45, 2.75) is 26.9 Å². The number of anilines is 1. The molecule has 2 heterocycles. The van der Waals surface area contributed by atoms with Gasteiger partial charge in [0.25, 0.3) is 0 Å². The molecular formula is C16H18N2O. The molecule has 0 saturated carbocycles. The molecule has 1 aromatic carbocycles. The molecule has 19 heavy (non-hydrogen) atoms. The number of pyridine rings is 1. The van der Waals surface area contributed by atoms with Crippen LogP contribution in [-0.2, 0) is 13.0 Å². The van der Waals surface area contributed by atoms with Crippen molar-refractivity contribution in [2.75, 3.05) is 11.9 Å². The van der Waals surface area contributed by atoms with Crippen LogP contribution < -0.4 is 10.1 Å². The normalized spacial score (nSPS) is 12.9. The highest BCUT2D eigenvalue weighted by Gasteiger charge is 2.19. The van der Waals surface area contributed by atoms with Gasteiger partial charge in [-0.2, -0.15) is 0 Å². The van der Waals surface area contributed by atoms with Gasteiger partial charge >= 0.3 is 0 Å². The molecule has 1 aromatic heterocycles. The summed E-state index contributed by atoms with van der Waals surface area (Å²) in [5.74, 6) is 1.97. The Morgan fingerprint density at radius 3 is 2.79 bits per heavy atom. The van der Waals surface area contributed by atoms with E-state index in [0.717, 1.165) is 30.2 Å². The Balaban J connectivity index is 1.85. The van der Waals surface area contributed by atoms with Crippen LogP contribution in [0.1, 0.15) is 22.4 Å². The molecule has 1 aliphatic rings. The fourth-order valence-electron chi connectivity index (χ4n) is 2.57. The lowest BCUT2D eigenvalue weighted by atomic mass is 10.1. The molecule has 0 amide bonds.